The van der Waals surface area contributed by atoms with Crippen LogP contribution in [0.15, 0.2) is 59.5 Å². The molecule has 2 aromatic rings. The van der Waals surface area contributed by atoms with Crippen molar-refractivity contribution in [3.63, 3.8) is 0 Å². The van der Waals surface area contributed by atoms with Gasteiger partial charge < -0.3 is 4.90 Å². The zero-order valence-corrected chi connectivity index (χ0v) is 13.0. The van der Waals surface area contributed by atoms with Crippen LogP contribution in [0.25, 0.3) is 0 Å². The number of para-hydroxylation sites is 1. The fourth-order valence-electron chi connectivity index (χ4n) is 3.00. The predicted octanol–water partition coefficient (Wildman–Crippen LogP) is 5.27. The van der Waals surface area contributed by atoms with E-state index in [9.17, 15) is 0 Å². The summed E-state index contributed by atoms with van der Waals surface area (Å²) in [6.45, 7) is 2.27. The highest BCUT2D eigenvalue weighted by atomic mass is 32.2. The molecule has 0 bridgehead atoms. The van der Waals surface area contributed by atoms with Crippen LogP contribution in [0.5, 0.6) is 0 Å². The Morgan fingerprint density at radius 2 is 1.70 bits per heavy atom. The molecule has 3 rings (SSSR count). The van der Waals surface area contributed by atoms with E-state index < -0.39 is 0 Å². The monoisotopic (exact) mass is 283 g/mol. The second-order valence-corrected chi connectivity index (χ2v) is 6.70. The molecule has 1 aliphatic rings. The van der Waals surface area contributed by atoms with Gasteiger partial charge in [-0.25, -0.2) is 0 Å². The maximum atomic E-state index is 2.47. The summed E-state index contributed by atoms with van der Waals surface area (Å²) >= 11 is 2.01. The Balaban J connectivity index is 2.05. The van der Waals surface area contributed by atoms with Crippen molar-refractivity contribution in [2.24, 2.45) is 0 Å². The molecule has 2 aromatic carbocycles. The molecule has 0 saturated carbocycles. The lowest BCUT2D eigenvalue weighted by atomic mass is 9.98. The number of unbranched alkanes of at least 4 members (excludes halogenated alkanes) is 1. The number of hydrogen-bond donors (Lipinski definition) is 0. The van der Waals surface area contributed by atoms with Crippen molar-refractivity contribution in [1.82, 2.24) is 0 Å². The van der Waals surface area contributed by atoms with E-state index in [0.29, 0.717) is 0 Å². The molecule has 2 heteroatoms. The largest absolute Gasteiger partial charge is 0.355 e. The second-order valence-electron chi connectivity index (χ2n) is 5.38. The summed E-state index contributed by atoms with van der Waals surface area (Å²) in [7, 11) is 2.24. The molecule has 1 aliphatic heterocycles. The molecule has 0 spiro atoms. The van der Waals surface area contributed by atoms with Gasteiger partial charge in [0.05, 0.1) is 5.69 Å². The molecular formula is C18H21NS. The Hall–Kier alpha value is -1.41. The maximum absolute atomic E-state index is 2.47. The van der Waals surface area contributed by atoms with Crippen LogP contribution in [-0.2, 0) is 4.87 Å². The zero-order chi connectivity index (χ0) is 14.0. The normalized spacial score (nSPS) is 21.0. The van der Waals surface area contributed by atoms with E-state index in [2.05, 4.69) is 73.5 Å². The van der Waals surface area contributed by atoms with Crippen molar-refractivity contribution in [3.8, 4) is 0 Å². The van der Waals surface area contributed by atoms with E-state index in [0.717, 1.165) is 0 Å². The molecule has 1 nitrogen and oxygen atoms in total. The minimum Gasteiger partial charge on any atom is -0.355 e. The summed E-state index contributed by atoms with van der Waals surface area (Å²) in [4.78, 5) is 3.92. The van der Waals surface area contributed by atoms with Crippen LogP contribution in [0.2, 0.25) is 0 Å². The van der Waals surface area contributed by atoms with Crippen molar-refractivity contribution in [1.29, 1.82) is 0 Å². The lowest BCUT2D eigenvalue weighted by Crippen LogP contribution is -2.37. The maximum Gasteiger partial charge on any atom is 0.116 e. The van der Waals surface area contributed by atoms with Crippen LogP contribution in [0.1, 0.15) is 31.7 Å². The molecule has 20 heavy (non-hydrogen) atoms. The van der Waals surface area contributed by atoms with Crippen LogP contribution in [0.4, 0.5) is 5.69 Å². The van der Waals surface area contributed by atoms with Crippen LogP contribution >= 0.6 is 11.8 Å². The average molecular weight is 283 g/mol. The summed E-state index contributed by atoms with van der Waals surface area (Å²) in [5.74, 6) is 0. The van der Waals surface area contributed by atoms with Gasteiger partial charge in [0.25, 0.3) is 0 Å². The molecular weight excluding hydrogens is 262 g/mol. The lowest BCUT2D eigenvalue weighted by Gasteiger charge is -2.37. The van der Waals surface area contributed by atoms with E-state index in [-0.39, 0.29) is 4.87 Å². The molecule has 0 amide bonds. The van der Waals surface area contributed by atoms with Crippen molar-refractivity contribution in [3.05, 3.63) is 60.2 Å². The van der Waals surface area contributed by atoms with Crippen molar-refractivity contribution in [2.45, 2.75) is 36.0 Å². The highest BCUT2D eigenvalue weighted by Crippen LogP contribution is 2.56. The highest BCUT2D eigenvalue weighted by molar-refractivity contribution is 8.00. The van der Waals surface area contributed by atoms with Gasteiger partial charge in [-0.1, -0.05) is 74.0 Å². The number of anilines is 1. The van der Waals surface area contributed by atoms with Gasteiger partial charge in [-0.05, 0) is 24.1 Å². The topological polar surface area (TPSA) is 3.24 Å². The molecule has 104 valence electrons. The zero-order valence-electron chi connectivity index (χ0n) is 12.2. The van der Waals surface area contributed by atoms with Crippen LogP contribution in [0.3, 0.4) is 0 Å². The molecule has 0 aromatic heterocycles. The third kappa shape index (κ3) is 2.12. The van der Waals surface area contributed by atoms with Crippen molar-refractivity contribution in [2.75, 3.05) is 11.9 Å². The first kappa shape index (κ1) is 13.6. The van der Waals surface area contributed by atoms with Gasteiger partial charge in [0, 0.05) is 11.9 Å². The minimum absolute atomic E-state index is 0.0565. The van der Waals surface area contributed by atoms with Gasteiger partial charge in [0.15, 0.2) is 0 Å². The Labute approximate surface area is 126 Å². The molecule has 0 radical (unpaired) electrons. The second kappa shape index (κ2) is 5.53. The summed E-state index contributed by atoms with van der Waals surface area (Å²) in [6.07, 6.45) is 3.67. The number of rotatable bonds is 4. The molecule has 0 N–H and O–H groups in total. The molecule has 1 atom stereocenters. The standard InChI is InChI=1S/C18H21NS/c1-3-4-14-18(15-10-6-5-7-11-15)19(2)16-12-8-9-13-17(16)20-18/h5-13H,3-4,14H2,1-2H3. The molecule has 0 aliphatic carbocycles. The molecule has 1 heterocycles. The van der Waals surface area contributed by atoms with E-state index in [1.54, 1.807) is 0 Å². The SMILES string of the molecule is CCCCC1(c2ccccc2)Sc2ccccc2N1C. The van der Waals surface area contributed by atoms with Gasteiger partial charge in [0.2, 0.25) is 0 Å². The Morgan fingerprint density at radius 3 is 2.40 bits per heavy atom. The van der Waals surface area contributed by atoms with Crippen LogP contribution in [-0.4, -0.2) is 7.05 Å². The summed E-state index contributed by atoms with van der Waals surface area (Å²) in [6, 6.07) is 19.7. The summed E-state index contributed by atoms with van der Waals surface area (Å²) in [5.41, 5.74) is 2.77. The minimum atomic E-state index is 0.0565. The Bertz CT molecular complexity index is 581. The van der Waals surface area contributed by atoms with Gasteiger partial charge >= 0.3 is 0 Å². The van der Waals surface area contributed by atoms with E-state index in [1.807, 2.05) is 11.8 Å². The molecule has 0 saturated heterocycles. The highest BCUT2D eigenvalue weighted by Gasteiger charge is 2.43. The number of nitrogens with zero attached hydrogens (tertiary/aromatic N) is 1. The number of hydrogen-bond acceptors (Lipinski definition) is 2. The number of thioether (sulfide) groups is 1. The fraction of sp³-hybridized carbons (Fsp3) is 0.333. The van der Waals surface area contributed by atoms with Crippen LogP contribution < -0.4 is 4.90 Å². The van der Waals surface area contributed by atoms with Crippen molar-refractivity contribution >= 4 is 17.4 Å². The predicted molar refractivity (Wildman–Crippen MR) is 88.3 cm³/mol. The third-order valence-corrected chi connectivity index (χ3v) is 5.76. The fourth-order valence-corrected chi connectivity index (χ4v) is 4.55. The van der Waals surface area contributed by atoms with Gasteiger partial charge in [-0.3, -0.25) is 0 Å². The smallest absolute Gasteiger partial charge is 0.116 e. The average Bonchev–Trinajstić information content (AvgIpc) is 2.80. The molecule has 1 unspecified atom stereocenters. The third-order valence-electron chi connectivity index (χ3n) is 4.14. The van der Waals surface area contributed by atoms with Gasteiger partial charge in [0.1, 0.15) is 4.87 Å². The van der Waals surface area contributed by atoms with Gasteiger partial charge in [-0.15, -0.1) is 0 Å². The summed E-state index contributed by atoms with van der Waals surface area (Å²) < 4.78 is 0. The van der Waals surface area contributed by atoms with E-state index in [4.69, 9.17) is 0 Å². The quantitative estimate of drug-likeness (QED) is 0.752. The van der Waals surface area contributed by atoms with E-state index >= 15 is 0 Å². The lowest BCUT2D eigenvalue weighted by molar-refractivity contribution is 0.534. The Morgan fingerprint density at radius 1 is 1.00 bits per heavy atom. The Kier molecular flexibility index (Phi) is 3.75. The van der Waals surface area contributed by atoms with Crippen LogP contribution in [0, 0.1) is 0 Å². The first-order valence-corrected chi connectivity index (χ1v) is 8.17. The number of benzene rings is 2. The van der Waals surface area contributed by atoms with Crippen molar-refractivity contribution < 1.29 is 0 Å². The molecule has 0 fully saturated rings. The number of fused-ring (bicyclic) bond motifs is 1. The first-order chi connectivity index (χ1) is 9.78. The van der Waals surface area contributed by atoms with Gasteiger partial charge in [-0.2, -0.15) is 0 Å². The van der Waals surface area contributed by atoms with E-state index in [1.165, 1.54) is 35.4 Å². The first-order valence-electron chi connectivity index (χ1n) is 7.35. The summed E-state index contributed by atoms with van der Waals surface area (Å²) in [5, 5.41) is 0.